The molecule has 0 saturated carbocycles. The van der Waals surface area contributed by atoms with Crippen molar-refractivity contribution in [1.82, 2.24) is 4.98 Å². The fourth-order valence-corrected chi connectivity index (χ4v) is 0.963. The first kappa shape index (κ1) is 13.7. The third-order valence-corrected chi connectivity index (χ3v) is 2.03. The number of halogens is 2. The SMILES string of the molecule is CC(N)c1cnc(Cl)c(Cl)c1.CCO. The van der Waals surface area contributed by atoms with Gasteiger partial charge in [-0.05, 0) is 25.5 Å². The number of aromatic nitrogens is 1. The molecule has 0 bridgehead atoms. The molecule has 1 heterocycles. The summed E-state index contributed by atoms with van der Waals surface area (Å²) in [5, 5.41) is 8.33. The molecule has 1 atom stereocenters. The molecule has 3 nitrogen and oxygen atoms in total. The van der Waals surface area contributed by atoms with Gasteiger partial charge in [-0.2, -0.15) is 0 Å². The summed E-state index contributed by atoms with van der Waals surface area (Å²) in [5.41, 5.74) is 6.48. The van der Waals surface area contributed by atoms with E-state index in [4.69, 9.17) is 34.0 Å². The smallest absolute Gasteiger partial charge is 0.147 e. The van der Waals surface area contributed by atoms with Crippen LogP contribution in [-0.4, -0.2) is 16.7 Å². The van der Waals surface area contributed by atoms with Gasteiger partial charge in [0.15, 0.2) is 0 Å². The molecule has 5 heteroatoms. The van der Waals surface area contributed by atoms with E-state index in [2.05, 4.69) is 4.98 Å². The van der Waals surface area contributed by atoms with E-state index in [0.29, 0.717) is 10.2 Å². The maximum Gasteiger partial charge on any atom is 0.147 e. The highest BCUT2D eigenvalue weighted by atomic mass is 35.5. The number of nitrogens with two attached hydrogens (primary N) is 1. The molecule has 0 aliphatic carbocycles. The minimum absolute atomic E-state index is 0.0581. The summed E-state index contributed by atoms with van der Waals surface area (Å²) < 4.78 is 0. The van der Waals surface area contributed by atoms with E-state index in [1.807, 2.05) is 6.92 Å². The van der Waals surface area contributed by atoms with Crippen molar-refractivity contribution in [2.24, 2.45) is 5.73 Å². The van der Waals surface area contributed by atoms with Crippen molar-refractivity contribution in [3.05, 3.63) is 28.0 Å². The van der Waals surface area contributed by atoms with E-state index in [0.717, 1.165) is 5.56 Å². The summed E-state index contributed by atoms with van der Waals surface area (Å²) in [4.78, 5) is 3.85. The number of nitrogens with zero attached hydrogens (tertiary/aromatic N) is 1. The summed E-state index contributed by atoms with van der Waals surface area (Å²) in [6.07, 6.45) is 1.62. The van der Waals surface area contributed by atoms with Crippen LogP contribution in [0.25, 0.3) is 0 Å². The summed E-state index contributed by atoms with van der Waals surface area (Å²) in [6.45, 7) is 3.79. The van der Waals surface area contributed by atoms with Gasteiger partial charge in [0.05, 0.1) is 5.02 Å². The molecule has 1 rings (SSSR count). The lowest BCUT2D eigenvalue weighted by atomic mass is 10.2. The fraction of sp³-hybridized carbons (Fsp3) is 0.444. The van der Waals surface area contributed by atoms with Crippen LogP contribution < -0.4 is 5.73 Å². The van der Waals surface area contributed by atoms with Crippen LogP contribution in [0.15, 0.2) is 12.3 Å². The van der Waals surface area contributed by atoms with Crippen molar-refractivity contribution in [2.75, 3.05) is 6.61 Å². The lowest BCUT2D eigenvalue weighted by molar-refractivity contribution is 0.318. The topological polar surface area (TPSA) is 59.1 Å². The molecule has 3 N–H and O–H groups in total. The van der Waals surface area contributed by atoms with Gasteiger partial charge in [0.1, 0.15) is 5.15 Å². The molecule has 80 valence electrons. The number of aliphatic hydroxyl groups is 1. The Morgan fingerprint density at radius 3 is 2.43 bits per heavy atom. The van der Waals surface area contributed by atoms with Gasteiger partial charge in [0.2, 0.25) is 0 Å². The van der Waals surface area contributed by atoms with E-state index in [-0.39, 0.29) is 12.6 Å². The molecule has 1 aromatic heterocycles. The molecular formula is C9H14Cl2N2O. The lowest BCUT2D eigenvalue weighted by Crippen LogP contribution is -2.05. The Hall–Kier alpha value is -0.350. The number of hydrogen-bond donors (Lipinski definition) is 2. The number of pyridine rings is 1. The summed E-state index contributed by atoms with van der Waals surface area (Å²) in [7, 11) is 0. The highest BCUT2D eigenvalue weighted by Gasteiger charge is 2.03. The zero-order valence-electron chi connectivity index (χ0n) is 8.17. The summed E-state index contributed by atoms with van der Waals surface area (Å²) in [6, 6.07) is 1.67. The molecule has 0 spiro atoms. The number of rotatable bonds is 1. The zero-order valence-corrected chi connectivity index (χ0v) is 9.68. The van der Waals surface area contributed by atoms with Crippen LogP contribution in [0.2, 0.25) is 10.2 Å². The Kier molecular flexibility index (Phi) is 6.83. The first-order valence-electron chi connectivity index (χ1n) is 4.20. The van der Waals surface area contributed by atoms with Crippen molar-refractivity contribution in [3.63, 3.8) is 0 Å². The van der Waals surface area contributed by atoms with E-state index < -0.39 is 0 Å². The monoisotopic (exact) mass is 236 g/mol. The maximum atomic E-state index is 7.57. The number of aliphatic hydroxyl groups excluding tert-OH is 1. The van der Waals surface area contributed by atoms with Crippen molar-refractivity contribution >= 4 is 23.2 Å². The van der Waals surface area contributed by atoms with Crippen molar-refractivity contribution < 1.29 is 5.11 Å². The van der Waals surface area contributed by atoms with Gasteiger partial charge >= 0.3 is 0 Å². The molecule has 0 radical (unpaired) electrons. The van der Waals surface area contributed by atoms with Gasteiger partial charge in [0.25, 0.3) is 0 Å². The highest BCUT2D eigenvalue weighted by Crippen LogP contribution is 2.21. The van der Waals surface area contributed by atoms with Gasteiger partial charge in [-0.25, -0.2) is 4.98 Å². The van der Waals surface area contributed by atoms with Crippen LogP contribution in [0, 0.1) is 0 Å². The van der Waals surface area contributed by atoms with Gasteiger partial charge in [-0.15, -0.1) is 0 Å². The van der Waals surface area contributed by atoms with Gasteiger partial charge in [0, 0.05) is 18.8 Å². The van der Waals surface area contributed by atoms with Crippen molar-refractivity contribution in [3.8, 4) is 0 Å². The molecule has 14 heavy (non-hydrogen) atoms. The second-order valence-corrected chi connectivity index (χ2v) is 3.41. The Bertz CT molecular complexity index is 280. The second-order valence-electron chi connectivity index (χ2n) is 2.65. The maximum absolute atomic E-state index is 7.57. The highest BCUT2D eigenvalue weighted by molar-refractivity contribution is 6.41. The minimum Gasteiger partial charge on any atom is -0.397 e. The van der Waals surface area contributed by atoms with E-state index in [1.165, 1.54) is 0 Å². The van der Waals surface area contributed by atoms with Crippen LogP contribution in [0.4, 0.5) is 0 Å². The minimum atomic E-state index is -0.0581. The van der Waals surface area contributed by atoms with E-state index in [9.17, 15) is 0 Å². The second kappa shape index (κ2) is 7.01. The van der Waals surface area contributed by atoms with E-state index in [1.54, 1.807) is 19.2 Å². The third-order valence-electron chi connectivity index (χ3n) is 1.34. The standard InChI is InChI=1S/C7H8Cl2N2.C2H6O/c1-4(10)5-2-6(8)7(9)11-3-5;1-2-3/h2-4H,10H2,1H3;3H,2H2,1H3. The molecule has 0 amide bonds. The van der Waals surface area contributed by atoms with Crippen LogP contribution >= 0.6 is 23.2 Å². The summed E-state index contributed by atoms with van der Waals surface area (Å²) in [5.74, 6) is 0. The zero-order chi connectivity index (χ0) is 11.1. The normalized spacial score (nSPS) is 11.6. The van der Waals surface area contributed by atoms with Crippen molar-refractivity contribution in [2.45, 2.75) is 19.9 Å². The Morgan fingerprint density at radius 2 is 2.07 bits per heavy atom. The largest absolute Gasteiger partial charge is 0.397 e. The fourth-order valence-electron chi connectivity index (χ4n) is 0.685. The first-order chi connectivity index (χ1) is 6.52. The predicted molar refractivity (Wildman–Crippen MR) is 59.6 cm³/mol. The lowest BCUT2D eigenvalue weighted by Gasteiger charge is -2.04. The molecule has 0 aliphatic rings. The predicted octanol–water partition coefficient (Wildman–Crippen LogP) is 2.41. The molecule has 1 aromatic rings. The average Bonchev–Trinajstić information content (AvgIpc) is 2.10. The average molecular weight is 237 g/mol. The molecule has 0 aliphatic heterocycles. The molecular weight excluding hydrogens is 223 g/mol. The molecule has 0 fully saturated rings. The van der Waals surface area contributed by atoms with Gasteiger partial charge in [-0.1, -0.05) is 23.2 Å². The van der Waals surface area contributed by atoms with Crippen molar-refractivity contribution in [1.29, 1.82) is 0 Å². The Balaban J connectivity index is 0.000000500. The third kappa shape index (κ3) is 4.77. The van der Waals surface area contributed by atoms with Crippen LogP contribution in [0.3, 0.4) is 0 Å². The Morgan fingerprint density at radius 1 is 1.57 bits per heavy atom. The van der Waals surface area contributed by atoms with Crippen LogP contribution in [0.1, 0.15) is 25.5 Å². The van der Waals surface area contributed by atoms with Crippen LogP contribution in [0.5, 0.6) is 0 Å². The van der Waals surface area contributed by atoms with Gasteiger partial charge in [-0.3, -0.25) is 0 Å². The Labute approximate surface area is 93.9 Å². The quantitative estimate of drug-likeness (QED) is 0.737. The number of hydrogen-bond acceptors (Lipinski definition) is 3. The molecule has 0 aromatic carbocycles. The molecule has 0 saturated heterocycles. The summed E-state index contributed by atoms with van der Waals surface area (Å²) >= 11 is 11.3. The van der Waals surface area contributed by atoms with E-state index >= 15 is 0 Å². The molecule has 1 unspecified atom stereocenters. The van der Waals surface area contributed by atoms with Gasteiger partial charge < -0.3 is 10.8 Å². The van der Waals surface area contributed by atoms with Crippen LogP contribution in [-0.2, 0) is 0 Å². The first-order valence-corrected chi connectivity index (χ1v) is 4.95.